The molecule has 48 heavy (non-hydrogen) atoms. The van der Waals surface area contributed by atoms with E-state index in [1.165, 1.54) is 4.90 Å². The Kier molecular flexibility index (Phi) is 11.9. The number of Topliss-reactive ketones (excluding diaryl/α,β-unsaturated/α-hetero) is 1. The molecule has 15 heteroatoms. The second-order valence-electron chi connectivity index (χ2n) is 15.7. The second kappa shape index (κ2) is 14.6. The highest BCUT2D eigenvalue weighted by Crippen LogP contribution is 2.65. The molecule has 0 spiro atoms. The lowest BCUT2D eigenvalue weighted by Crippen LogP contribution is -2.60. The summed E-state index contributed by atoms with van der Waals surface area (Å²) in [5.74, 6) is -5.97. The summed E-state index contributed by atoms with van der Waals surface area (Å²) < 4.78 is 51.4. The van der Waals surface area contributed by atoms with Gasteiger partial charge in [0.25, 0.3) is 5.91 Å². The van der Waals surface area contributed by atoms with Crippen LogP contribution in [0.3, 0.4) is 0 Å². The maximum absolute atomic E-state index is 14.2. The van der Waals surface area contributed by atoms with Crippen molar-refractivity contribution >= 4 is 35.6 Å². The minimum atomic E-state index is -4.93. The average Bonchev–Trinajstić information content (AvgIpc) is 3.24. The summed E-state index contributed by atoms with van der Waals surface area (Å²) in [6.07, 6.45) is -3.92. The van der Waals surface area contributed by atoms with Crippen LogP contribution in [0.25, 0.3) is 0 Å². The van der Waals surface area contributed by atoms with Gasteiger partial charge in [-0.2, -0.15) is 13.2 Å². The molecule has 0 bridgehead atoms. The number of nitrogens with zero attached hydrogens (tertiary/aromatic N) is 1. The van der Waals surface area contributed by atoms with Gasteiger partial charge in [0.1, 0.15) is 29.3 Å². The van der Waals surface area contributed by atoms with Crippen LogP contribution in [0, 0.1) is 23.2 Å². The summed E-state index contributed by atoms with van der Waals surface area (Å²) >= 11 is 0. The number of hydrogen-bond acceptors (Lipinski definition) is 8. The van der Waals surface area contributed by atoms with Crippen LogP contribution < -0.4 is 16.0 Å². The lowest BCUT2D eigenvalue weighted by molar-refractivity contribution is -0.155. The molecule has 12 nitrogen and oxygen atoms in total. The van der Waals surface area contributed by atoms with E-state index < -0.39 is 88.8 Å². The Balaban J connectivity index is 1.80. The third kappa shape index (κ3) is 10.6. The first-order valence-electron chi connectivity index (χ1n) is 16.6. The van der Waals surface area contributed by atoms with E-state index in [1.807, 2.05) is 13.8 Å². The fourth-order valence-electron chi connectivity index (χ4n) is 6.89. The van der Waals surface area contributed by atoms with E-state index in [4.69, 9.17) is 9.47 Å². The molecule has 1 unspecified atom stereocenters. The third-order valence-corrected chi connectivity index (χ3v) is 9.15. The van der Waals surface area contributed by atoms with Crippen molar-refractivity contribution in [2.24, 2.45) is 23.2 Å². The smallest absolute Gasteiger partial charge is 0.408 e. The highest BCUT2D eigenvalue weighted by molar-refractivity contribution is 6.38. The number of carbonyl (C=O) groups is 6. The molecule has 3 fully saturated rings. The lowest BCUT2D eigenvalue weighted by atomic mass is 9.83. The largest absolute Gasteiger partial charge is 0.460 e. The summed E-state index contributed by atoms with van der Waals surface area (Å²) in [5, 5.41) is 6.96. The molecule has 2 saturated carbocycles. The number of hydrogen-bond donors (Lipinski definition) is 3. The number of alkyl halides is 3. The highest BCUT2D eigenvalue weighted by atomic mass is 19.4. The molecule has 0 aromatic carbocycles. The van der Waals surface area contributed by atoms with Crippen molar-refractivity contribution in [3.05, 3.63) is 0 Å². The van der Waals surface area contributed by atoms with Crippen LogP contribution in [0.5, 0.6) is 0 Å². The van der Waals surface area contributed by atoms with Crippen LogP contribution >= 0.6 is 0 Å². The first-order chi connectivity index (χ1) is 21.9. The molecule has 0 radical (unpaired) electrons. The Labute approximate surface area is 280 Å². The number of amides is 4. The van der Waals surface area contributed by atoms with Crippen LogP contribution in [0.15, 0.2) is 0 Å². The zero-order chi connectivity index (χ0) is 36.4. The number of alkyl carbamates (subject to hydrolysis) is 1. The molecular weight excluding hydrogens is 637 g/mol. The van der Waals surface area contributed by atoms with E-state index >= 15 is 0 Å². The fourth-order valence-corrected chi connectivity index (χ4v) is 6.89. The van der Waals surface area contributed by atoms with Crippen LogP contribution in [-0.2, 0) is 33.4 Å². The number of likely N-dealkylation sites (tertiary alicyclic amines) is 1. The van der Waals surface area contributed by atoms with Crippen molar-refractivity contribution in [2.45, 2.75) is 136 Å². The minimum absolute atomic E-state index is 0.136. The summed E-state index contributed by atoms with van der Waals surface area (Å²) in [7, 11) is 0. The van der Waals surface area contributed by atoms with Gasteiger partial charge in [-0.15, -0.1) is 0 Å². The fraction of sp³-hybridized carbons (Fsp3) is 0.818. The molecule has 0 aromatic heterocycles. The van der Waals surface area contributed by atoms with Crippen LogP contribution in [0.1, 0.15) is 100 Å². The van der Waals surface area contributed by atoms with E-state index in [2.05, 4.69) is 16.0 Å². The molecule has 3 rings (SSSR count). The topological polar surface area (TPSA) is 160 Å². The normalized spacial score (nSPS) is 23.6. The molecule has 272 valence electrons. The third-order valence-electron chi connectivity index (χ3n) is 9.15. The predicted octanol–water partition coefficient (Wildman–Crippen LogP) is 3.80. The van der Waals surface area contributed by atoms with E-state index in [0.717, 1.165) is 19.3 Å². The van der Waals surface area contributed by atoms with Gasteiger partial charge in [-0.25, -0.2) is 4.79 Å². The van der Waals surface area contributed by atoms with Crippen LogP contribution in [0.4, 0.5) is 18.0 Å². The standard InChI is InChI=1S/C33H51F3N4O8/c1-30(2,3)47-21(41)14-15-37-27(44)25(42)20(16-33(34,35)36)38-26(43)24-22-19(32(22,7)8)17-40(24)28(45)23(18-12-10-9-11-13-18)39-29(46)48-31(4,5)6/h18-20,22-24H,9-17H2,1-8H3,(H,37,44)(H,38,43)(H,39,46)/t19-,20?,22-,23-,24-/m0/s1. The van der Waals surface area contributed by atoms with Crippen LogP contribution in [0.2, 0.25) is 0 Å². The van der Waals surface area contributed by atoms with Gasteiger partial charge in [-0.3, -0.25) is 24.0 Å². The number of carbonyl (C=O) groups excluding carboxylic acids is 6. The van der Waals surface area contributed by atoms with E-state index in [-0.39, 0.29) is 31.3 Å². The van der Waals surface area contributed by atoms with Crippen molar-refractivity contribution in [1.29, 1.82) is 0 Å². The maximum atomic E-state index is 14.2. The summed E-state index contributed by atoms with van der Waals surface area (Å²) in [5.41, 5.74) is -2.06. The molecule has 5 atom stereocenters. The average molecular weight is 689 g/mol. The van der Waals surface area contributed by atoms with Gasteiger partial charge in [0.2, 0.25) is 17.6 Å². The molecule has 4 amide bonds. The molecule has 1 saturated heterocycles. The van der Waals surface area contributed by atoms with Crippen LogP contribution in [-0.4, -0.2) is 89.1 Å². The summed E-state index contributed by atoms with van der Waals surface area (Å²) in [6.45, 7) is 13.5. The Morgan fingerprint density at radius 1 is 0.875 bits per heavy atom. The first-order valence-corrected chi connectivity index (χ1v) is 16.6. The Hall–Kier alpha value is -3.39. The Bertz CT molecular complexity index is 1250. The van der Waals surface area contributed by atoms with Crippen molar-refractivity contribution in [3.63, 3.8) is 0 Å². The zero-order valence-corrected chi connectivity index (χ0v) is 29.2. The van der Waals surface area contributed by atoms with E-state index in [1.54, 1.807) is 41.5 Å². The van der Waals surface area contributed by atoms with Gasteiger partial charge in [0.05, 0.1) is 12.8 Å². The van der Waals surface area contributed by atoms with Gasteiger partial charge < -0.3 is 30.3 Å². The van der Waals surface area contributed by atoms with Gasteiger partial charge >= 0.3 is 18.2 Å². The SMILES string of the molecule is CC(C)(C)OC(=O)CCNC(=O)C(=O)C(CC(F)(F)F)NC(=O)[C@@H]1[C@@H]2[C@H](CN1C(=O)[C@@H](NC(=O)OC(C)(C)C)C1CCCCC1)C2(C)C. The monoisotopic (exact) mass is 688 g/mol. The summed E-state index contributed by atoms with van der Waals surface area (Å²) in [4.78, 5) is 79.6. The molecule has 2 aliphatic carbocycles. The molecule has 0 aromatic rings. The van der Waals surface area contributed by atoms with E-state index in [0.29, 0.717) is 12.8 Å². The number of ketones is 1. The Morgan fingerprint density at radius 2 is 1.46 bits per heavy atom. The van der Waals surface area contributed by atoms with Gasteiger partial charge in [-0.05, 0) is 77.6 Å². The Morgan fingerprint density at radius 3 is 2.00 bits per heavy atom. The minimum Gasteiger partial charge on any atom is -0.460 e. The summed E-state index contributed by atoms with van der Waals surface area (Å²) in [6, 6.07) is -4.53. The number of esters is 1. The molecule has 3 aliphatic rings. The van der Waals surface area contributed by atoms with Crippen molar-refractivity contribution < 1.29 is 51.4 Å². The quantitative estimate of drug-likeness (QED) is 0.218. The van der Waals surface area contributed by atoms with Crippen molar-refractivity contribution in [1.82, 2.24) is 20.9 Å². The van der Waals surface area contributed by atoms with Gasteiger partial charge in [0, 0.05) is 13.1 Å². The number of piperidine rings is 1. The second-order valence-corrected chi connectivity index (χ2v) is 15.7. The lowest BCUT2D eigenvalue weighted by Gasteiger charge is -2.37. The first kappa shape index (κ1) is 39.1. The number of nitrogens with one attached hydrogen (secondary N) is 3. The number of halogens is 3. The molecular formula is C33H51F3N4O8. The number of ether oxygens (including phenoxy) is 2. The predicted molar refractivity (Wildman–Crippen MR) is 167 cm³/mol. The highest BCUT2D eigenvalue weighted by Gasteiger charge is 2.70. The van der Waals surface area contributed by atoms with Crippen molar-refractivity contribution in [3.8, 4) is 0 Å². The van der Waals surface area contributed by atoms with E-state index in [9.17, 15) is 41.9 Å². The van der Waals surface area contributed by atoms with Gasteiger partial charge in [0.15, 0.2) is 0 Å². The molecule has 3 N–H and O–H groups in total. The number of fused-ring (bicyclic) bond motifs is 1. The van der Waals surface area contributed by atoms with Crippen molar-refractivity contribution in [2.75, 3.05) is 13.1 Å². The number of rotatable bonds is 11. The van der Waals surface area contributed by atoms with Gasteiger partial charge in [-0.1, -0.05) is 33.1 Å². The molecule has 1 heterocycles. The maximum Gasteiger partial charge on any atom is 0.408 e. The molecule has 1 aliphatic heterocycles. The zero-order valence-electron chi connectivity index (χ0n) is 29.2.